The summed E-state index contributed by atoms with van der Waals surface area (Å²) >= 11 is 0. The average Bonchev–Trinajstić information content (AvgIpc) is 2.93. The fraction of sp³-hybridized carbons (Fsp3) is 0.429. The molecule has 1 aromatic carbocycles. The second-order valence-electron chi connectivity index (χ2n) is 4.49. The first-order valence-corrected chi connectivity index (χ1v) is 6.64. The summed E-state index contributed by atoms with van der Waals surface area (Å²) in [6, 6.07) is 7.73. The molecule has 1 aliphatic heterocycles. The molecule has 1 fully saturated rings. The first kappa shape index (κ1) is 14.8. The van der Waals surface area contributed by atoms with Gasteiger partial charge in [0.15, 0.2) is 0 Å². The summed E-state index contributed by atoms with van der Waals surface area (Å²) in [6.07, 6.45) is 1.13. The quantitative estimate of drug-likeness (QED) is 0.937. The van der Waals surface area contributed by atoms with Gasteiger partial charge in [-0.25, -0.2) is 9.97 Å². The van der Waals surface area contributed by atoms with Crippen LogP contribution in [0.2, 0.25) is 0 Å². The molecule has 2 heterocycles. The van der Waals surface area contributed by atoms with E-state index < -0.39 is 0 Å². The molecule has 3 rings (SSSR count). The van der Waals surface area contributed by atoms with Gasteiger partial charge in [-0.05, 0) is 32.0 Å². The van der Waals surface area contributed by atoms with E-state index in [1.807, 2.05) is 31.2 Å². The zero-order chi connectivity index (χ0) is 13.1. The van der Waals surface area contributed by atoms with Crippen LogP contribution in [0.15, 0.2) is 24.3 Å². The lowest BCUT2D eigenvalue weighted by Crippen LogP contribution is -2.20. The third kappa shape index (κ3) is 3.11. The number of nitrogens with zero attached hydrogens (tertiary/aromatic N) is 2. The van der Waals surface area contributed by atoms with Gasteiger partial charge in [0.2, 0.25) is 0 Å². The molecule has 0 radical (unpaired) electrons. The topological polar surface area (TPSA) is 56.3 Å². The monoisotopic (exact) mass is 295 g/mol. The zero-order valence-electron chi connectivity index (χ0n) is 11.3. The van der Waals surface area contributed by atoms with Gasteiger partial charge in [-0.2, -0.15) is 0 Å². The molecule has 1 aromatic heterocycles. The summed E-state index contributed by atoms with van der Waals surface area (Å²) in [4.78, 5) is 9.00. The molecule has 0 spiro atoms. The van der Waals surface area contributed by atoms with Gasteiger partial charge in [-0.1, -0.05) is 12.1 Å². The molecular weight excluding hydrogens is 278 g/mol. The second kappa shape index (κ2) is 6.72. The van der Waals surface area contributed by atoms with Gasteiger partial charge in [0, 0.05) is 6.54 Å². The molecule has 0 aliphatic carbocycles. The van der Waals surface area contributed by atoms with Gasteiger partial charge < -0.3 is 14.8 Å². The number of ether oxygens (including phenoxy) is 2. The Balaban J connectivity index is 0.00000147. The largest absolute Gasteiger partial charge is 0.474 e. The molecular formula is C14H18ClN3O2. The van der Waals surface area contributed by atoms with Crippen LogP contribution >= 0.6 is 12.4 Å². The van der Waals surface area contributed by atoms with E-state index in [1.165, 1.54) is 0 Å². The summed E-state index contributed by atoms with van der Waals surface area (Å²) in [5.74, 6) is 0.974. The SMILES string of the molecule is CCOc1nc2ccccc2nc1OC1CCNC1.Cl. The van der Waals surface area contributed by atoms with Crippen LogP contribution in [0.1, 0.15) is 13.3 Å². The van der Waals surface area contributed by atoms with Crippen molar-refractivity contribution >= 4 is 23.4 Å². The second-order valence-corrected chi connectivity index (χ2v) is 4.49. The lowest BCUT2D eigenvalue weighted by molar-refractivity contribution is 0.196. The minimum Gasteiger partial charge on any atom is -0.474 e. The maximum Gasteiger partial charge on any atom is 0.279 e. The molecule has 108 valence electrons. The molecule has 20 heavy (non-hydrogen) atoms. The molecule has 0 bridgehead atoms. The fourth-order valence-corrected chi connectivity index (χ4v) is 2.16. The van der Waals surface area contributed by atoms with Crippen LogP contribution in [0, 0.1) is 0 Å². The number of benzene rings is 1. The van der Waals surface area contributed by atoms with Crippen LogP contribution in [0.25, 0.3) is 11.0 Å². The van der Waals surface area contributed by atoms with E-state index in [9.17, 15) is 0 Å². The Morgan fingerprint density at radius 1 is 1.20 bits per heavy atom. The molecule has 0 saturated carbocycles. The van der Waals surface area contributed by atoms with Crippen molar-refractivity contribution in [2.24, 2.45) is 0 Å². The van der Waals surface area contributed by atoms with E-state index in [4.69, 9.17) is 9.47 Å². The van der Waals surface area contributed by atoms with Crippen molar-refractivity contribution in [3.63, 3.8) is 0 Å². The fourth-order valence-electron chi connectivity index (χ4n) is 2.16. The lowest BCUT2D eigenvalue weighted by atomic mass is 10.3. The van der Waals surface area contributed by atoms with E-state index in [1.54, 1.807) is 0 Å². The van der Waals surface area contributed by atoms with Crippen molar-refractivity contribution < 1.29 is 9.47 Å². The Morgan fingerprint density at radius 2 is 1.90 bits per heavy atom. The molecule has 1 saturated heterocycles. The van der Waals surface area contributed by atoms with Crippen molar-refractivity contribution in [3.8, 4) is 11.8 Å². The average molecular weight is 296 g/mol. The highest BCUT2D eigenvalue weighted by Crippen LogP contribution is 2.27. The number of hydrogen-bond donors (Lipinski definition) is 1. The number of nitrogens with one attached hydrogen (secondary N) is 1. The normalized spacial score (nSPS) is 17.8. The van der Waals surface area contributed by atoms with Gasteiger partial charge >= 0.3 is 0 Å². The Labute approximate surface area is 124 Å². The van der Waals surface area contributed by atoms with Crippen molar-refractivity contribution in [2.75, 3.05) is 19.7 Å². The van der Waals surface area contributed by atoms with E-state index in [-0.39, 0.29) is 18.5 Å². The number of fused-ring (bicyclic) bond motifs is 1. The van der Waals surface area contributed by atoms with E-state index in [0.717, 1.165) is 30.5 Å². The predicted molar refractivity (Wildman–Crippen MR) is 79.9 cm³/mol. The molecule has 0 amide bonds. The smallest absolute Gasteiger partial charge is 0.279 e. The molecule has 1 unspecified atom stereocenters. The highest BCUT2D eigenvalue weighted by molar-refractivity contribution is 5.85. The van der Waals surface area contributed by atoms with Crippen LogP contribution < -0.4 is 14.8 Å². The Kier molecular flexibility index (Phi) is 4.98. The van der Waals surface area contributed by atoms with Crippen molar-refractivity contribution in [1.29, 1.82) is 0 Å². The van der Waals surface area contributed by atoms with Crippen LogP contribution in [0.4, 0.5) is 0 Å². The highest BCUT2D eigenvalue weighted by Gasteiger charge is 2.20. The molecule has 1 atom stereocenters. The molecule has 5 nitrogen and oxygen atoms in total. The van der Waals surface area contributed by atoms with E-state index in [0.29, 0.717) is 18.4 Å². The van der Waals surface area contributed by atoms with Crippen LogP contribution in [-0.4, -0.2) is 35.8 Å². The predicted octanol–water partition coefficient (Wildman–Crippen LogP) is 2.19. The first-order chi connectivity index (χ1) is 9.36. The standard InChI is InChI=1S/C14H17N3O2.ClH/c1-2-18-13-14(19-10-7-8-15-9-10)17-12-6-4-3-5-11(12)16-13;/h3-6,10,15H,2,7-9H2,1H3;1H. The Morgan fingerprint density at radius 3 is 2.50 bits per heavy atom. The van der Waals surface area contributed by atoms with Crippen LogP contribution in [0.3, 0.4) is 0 Å². The maximum absolute atomic E-state index is 5.91. The molecule has 6 heteroatoms. The van der Waals surface area contributed by atoms with Gasteiger partial charge in [-0.15, -0.1) is 12.4 Å². The molecule has 2 aromatic rings. The lowest BCUT2D eigenvalue weighted by Gasteiger charge is -2.14. The molecule has 1 aliphatic rings. The number of halogens is 1. The van der Waals surface area contributed by atoms with Gasteiger partial charge in [0.05, 0.1) is 17.6 Å². The van der Waals surface area contributed by atoms with E-state index >= 15 is 0 Å². The minimum absolute atomic E-state index is 0. The van der Waals surface area contributed by atoms with Gasteiger partial charge in [0.25, 0.3) is 11.8 Å². The maximum atomic E-state index is 5.91. The summed E-state index contributed by atoms with van der Waals surface area (Å²) in [6.45, 7) is 4.31. The summed E-state index contributed by atoms with van der Waals surface area (Å²) in [7, 11) is 0. The van der Waals surface area contributed by atoms with Crippen molar-refractivity contribution in [2.45, 2.75) is 19.4 Å². The summed E-state index contributed by atoms with van der Waals surface area (Å²) in [5, 5.41) is 3.27. The minimum atomic E-state index is 0. The summed E-state index contributed by atoms with van der Waals surface area (Å²) in [5.41, 5.74) is 1.65. The number of hydrogen-bond acceptors (Lipinski definition) is 5. The van der Waals surface area contributed by atoms with E-state index in [2.05, 4.69) is 15.3 Å². The van der Waals surface area contributed by atoms with Crippen molar-refractivity contribution in [3.05, 3.63) is 24.3 Å². The number of aromatic nitrogens is 2. The van der Waals surface area contributed by atoms with Gasteiger partial charge in [-0.3, -0.25) is 0 Å². The van der Waals surface area contributed by atoms with Crippen molar-refractivity contribution in [1.82, 2.24) is 15.3 Å². The molecule has 1 N–H and O–H groups in total. The number of para-hydroxylation sites is 2. The number of rotatable bonds is 4. The third-order valence-electron chi connectivity index (χ3n) is 3.08. The highest BCUT2D eigenvalue weighted by atomic mass is 35.5. The van der Waals surface area contributed by atoms with Gasteiger partial charge in [0.1, 0.15) is 6.10 Å². The Hall–Kier alpha value is -1.59. The first-order valence-electron chi connectivity index (χ1n) is 6.64. The Bertz CT molecular complexity index is 573. The zero-order valence-corrected chi connectivity index (χ0v) is 12.2. The summed E-state index contributed by atoms with van der Waals surface area (Å²) < 4.78 is 11.4. The van der Waals surface area contributed by atoms with Crippen LogP contribution in [-0.2, 0) is 0 Å². The third-order valence-corrected chi connectivity index (χ3v) is 3.08. The van der Waals surface area contributed by atoms with Crippen LogP contribution in [0.5, 0.6) is 11.8 Å².